The third-order valence-corrected chi connectivity index (χ3v) is 5.93. The molecule has 7 nitrogen and oxygen atoms in total. The SMILES string of the molecule is CN(C(=O)COC(=O)c1cccc(S(=O)(=O)NCc2ccccc2)c1)c1ccccc1. The summed E-state index contributed by atoms with van der Waals surface area (Å²) in [5.41, 5.74) is 1.52. The minimum absolute atomic E-state index is 0.0396. The van der Waals surface area contributed by atoms with Gasteiger partial charge >= 0.3 is 5.97 Å². The fraction of sp³-hybridized carbons (Fsp3) is 0.130. The number of likely N-dealkylation sites (N-methyl/N-ethyl adjacent to an activating group) is 1. The molecule has 0 radical (unpaired) electrons. The van der Waals surface area contributed by atoms with Crippen LogP contribution in [0.5, 0.6) is 0 Å². The molecule has 0 unspecified atom stereocenters. The second-order valence-electron chi connectivity index (χ2n) is 6.70. The van der Waals surface area contributed by atoms with Gasteiger partial charge < -0.3 is 9.64 Å². The summed E-state index contributed by atoms with van der Waals surface area (Å²) in [4.78, 5) is 25.9. The van der Waals surface area contributed by atoms with Gasteiger partial charge in [-0.2, -0.15) is 0 Å². The fourth-order valence-electron chi connectivity index (χ4n) is 2.75. The first-order valence-corrected chi connectivity index (χ1v) is 11.0. The molecule has 160 valence electrons. The largest absolute Gasteiger partial charge is 0.452 e. The number of benzene rings is 3. The third kappa shape index (κ3) is 6.00. The second-order valence-corrected chi connectivity index (χ2v) is 8.47. The van der Waals surface area contributed by atoms with Gasteiger partial charge in [-0.25, -0.2) is 17.9 Å². The maximum absolute atomic E-state index is 12.6. The number of carbonyl (C=O) groups is 2. The Morgan fingerprint density at radius 1 is 0.903 bits per heavy atom. The quantitative estimate of drug-likeness (QED) is 0.546. The van der Waals surface area contributed by atoms with E-state index < -0.39 is 28.5 Å². The number of nitrogens with one attached hydrogen (secondary N) is 1. The Morgan fingerprint density at radius 3 is 2.23 bits per heavy atom. The molecular formula is C23H22N2O5S. The van der Waals surface area contributed by atoms with Crippen LogP contribution in [0, 0.1) is 0 Å². The molecule has 3 aromatic rings. The summed E-state index contributed by atoms with van der Waals surface area (Å²) < 4.78 is 32.7. The average molecular weight is 439 g/mol. The van der Waals surface area contributed by atoms with Crippen LogP contribution in [0.1, 0.15) is 15.9 Å². The maximum atomic E-state index is 12.6. The standard InChI is InChI=1S/C23H22N2O5S/c1-25(20-12-6-3-7-13-20)22(26)17-30-23(27)19-11-8-14-21(15-19)31(28,29)24-16-18-9-4-2-5-10-18/h2-15,24H,16-17H2,1H3. The van der Waals surface area contributed by atoms with E-state index in [2.05, 4.69) is 4.72 Å². The lowest BCUT2D eigenvalue weighted by atomic mass is 10.2. The first-order valence-electron chi connectivity index (χ1n) is 9.49. The van der Waals surface area contributed by atoms with Gasteiger partial charge in [0, 0.05) is 19.3 Å². The number of nitrogens with zero attached hydrogens (tertiary/aromatic N) is 1. The van der Waals surface area contributed by atoms with Gasteiger partial charge in [0.1, 0.15) is 0 Å². The lowest BCUT2D eigenvalue weighted by Crippen LogP contribution is -2.31. The monoisotopic (exact) mass is 438 g/mol. The van der Waals surface area contributed by atoms with E-state index >= 15 is 0 Å². The van der Waals surface area contributed by atoms with Gasteiger partial charge in [0.05, 0.1) is 10.5 Å². The van der Waals surface area contributed by atoms with Gasteiger partial charge in [0.2, 0.25) is 10.0 Å². The lowest BCUT2D eigenvalue weighted by molar-refractivity contribution is -0.121. The van der Waals surface area contributed by atoms with Crippen molar-refractivity contribution in [2.24, 2.45) is 0 Å². The summed E-state index contributed by atoms with van der Waals surface area (Å²) in [6.45, 7) is -0.342. The molecule has 0 bridgehead atoms. The highest BCUT2D eigenvalue weighted by Crippen LogP contribution is 2.14. The summed E-state index contributed by atoms with van der Waals surface area (Å²) in [6, 6.07) is 23.5. The van der Waals surface area contributed by atoms with Gasteiger partial charge in [-0.1, -0.05) is 54.6 Å². The molecule has 3 rings (SSSR count). The molecule has 0 heterocycles. The Labute approximate surface area is 181 Å². The van der Waals surface area contributed by atoms with Crippen molar-refractivity contribution in [1.29, 1.82) is 0 Å². The normalized spacial score (nSPS) is 11.0. The highest BCUT2D eigenvalue weighted by Gasteiger charge is 2.18. The smallest absolute Gasteiger partial charge is 0.338 e. The van der Waals surface area contributed by atoms with Crippen molar-refractivity contribution in [3.05, 3.63) is 96.1 Å². The predicted octanol–water partition coefficient (Wildman–Crippen LogP) is 2.98. The summed E-state index contributed by atoms with van der Waals surface area (Å²) in [5.74, 6) is -1.19. The van der Waals surface area contributed by atoms with Crippen LogP contribution in [0.15, 0.2) is 89.8 Å². The van der Waals surface area contributed by atoms with Crippen LogP contribution in [-0.2, 0) is 26.1 Å². The third-order valence-electron chi connectivity index (χ3n) is 4.53. The molecule has 1 amide bonds. The molecule has 0 saturated carbocycles. The molecule has 0 saturated heterocycles. The fourth-order valence-corrected chi connectivity index (χ4v) is 3.81. The van der Waals surface area contributed by atoms with Crippen LogP contribution < -0.4 is 9.62 Å². The van der Waals surface area contributed by atoms with E-state index in [1.54, 1.807) is 43.4 Å². The number of hydrogen-bond acceptors (Lipinski definition) is 5. The van der Waals surface area contributed by atoms with Crippen molar-refractivity contribution in [2.75, 3.05) is 18.6 Å². The minimum atomic E-state index is -3.83. The van der Waals surface area contributed by atoms with E-state index in [9.17, 15) is 18.0 Å². The Hall–Kier alpha value is -3.49. The number of rotatable bonds is 8. The summed E-state index contributed by atoms with van der Waals surface area (Å²) in [5, 5.41) is 0. The highest BCUT2D eigenvalue weighted by atomic mass is 32.2. The van der Waals surface area contributed by atoms with Crippen LogP contribution in [0.2, 0.25) is 0 Å². The van der Waals surface area contributed by atoms with Gasteiger partial charge in [0.15, 0.2) is 6.61 Å². The van der Waals surface area contributed by atoms with Gasteiger partial charge in [-0.3, -0.25) is 4.79 Å². The minimum Gasteiger partial charge on any atom is -0.452 e. The number of esters is 1. The Bertz CT molecular complexity index is 1150. The molecule has 0 aliphatic carbocycles. The van der Waals surface area contributed by atoms with Crippen molar-refractivity contribution in [1.82, 2.24) is 4.72 Å². The van der Waals surface area contributed by atoms with E-state index in [1.807, 2.05) is 24.3 Å². The van der Waals surface area contributed by atoms with Crippen molar-refractivity contribution in [3.8, 4) is 0 Å². The summed E-state index contributed by atoms with van der Waals surface area (Å²) in [6.07, 6.45) is 0. The van der Waals surface area contributed by atoms with Crippen molar-refractivity contribution < 1.29 is 22.7 Å². The zero-order chi connectivity index (χ0) is 22.3. The Morgan fingerprint density at radius 2 is 1.55 bits per heavy atom. The molecule has 1 N–H and O–H groups in total. The topological polar surface area (TPSA) is 92.8 Å². The van der Waals surface area contributed by atoms with Crippen LogP contribution >= 0.6 is 0 Å². The van der Waals surface area contributed by atoms with E-state index in [0.717, 1.165) is 5.56 Å². The Kier molecular flexibility index (Phi) is 7.17. The van der Waals surface area contributed by atoms with Crippen molar-refractivity contribution in [3.63, 3.8) is 0 Å². The van der Waals surface area contributed by atoms with Crippen molar-refractivity contribution >= 4 is 27.6 Å². The van der Waals surface area contributed by atoms with Crippen LogP contribution in [-0.4, -0.2) is 33.9 Å². The molecule has 31 heavy (non-hydrogen) atoms. The zero-order valence-electron chi connectivity index (χ0n) is 16.9. The van der Waals surface area contributed by atoms with E-state index in [4.69, 9.17) is 4.74 Å². The van der Waals surface area contributed by atoms with Crippen LogP contribution in [0.3, 0.4) is 0 Å². The molecular weight excluding hydrogens is 416 g/mol. The van der Waals surface area contributed by atoms with Gasteiger partial charge in [-0.15, -0.1) is 0 Å². The number of carbonyl (C=O) groups excluding carboxylic acids is 2. The molecule has 0 aromatic heterocycles. The van der Waals surface area contributed by atoms with Gasteiger partial charge in [-0.05, 0) is 35.9 Å². The number of ether oxygens (including phenoxy) is 1. The zero-order valence-corrected chi connectivity index (χ0v) is 17.7. The van der Waals surface area contributed by atoms with Crippen molar-refractivity contribution in [2.45, 2.75) is 11.4 Å². The number of amides is 1. The van der Waals surface area contributed by atoms with Crippen LogP contribution in [0.25, 0.3) is 0 Å². The molecule has 0 fully saturated rings. The molecule has 0 aliphatic heterocycles. The number of anilines is 1. The molecule has 0 spiro atoms. The van der Waals surface area contributed by atoms with Crippen LogP contribution in [0.4, 0.5) is 5.69 Å². The molecule has 0 aliphatic rings. The maximum Gasteiger partial charge on any atom is 0.338 e. The average Bonchev–Trinajstić information content (AvgIpc) is 2.82. The second kappa shape index (κ2) is 10.0. The number of hydrogen-bond donors (Lipinski definition) is 1. The predicted molar refractivity (Wildman–Crippen MR) is 117 cm³/mol. The number of para-hydroxylation sites is 1. The lowest BCUT2D eigenvalue weighted by Gasteiger charge is -2.17. The number of sulfonamides is 1. The van der Waals surface area contributed by atoms with Gasteiger partial charge in [0.25, 0.3) is 5.91 Å². The summed E-state index contributed by atoms with van der Waals surface area (Å²) in [7, 11) is -2.25. The van der Waals surface area contributed by atoms with E-state index in [-0.39, 0.29) is 17.0 Å². The Balaban J connectivity index is 1.62. The van der Waals surface area contributed by atoms with E-state index in [1.165, 1.54) is 29.2 Å². The molecule has 3 aromatic carbocycles. The first-order chi connectivity index (χ1) is 14.9. The first kappa shape index (κ1) is 22.2. The molecule has 8 heteroatoms. The summed E-state index contributed by atoms with van der Waals surface area (Å²) >= 11 is 0. The van der Waals surface area contributed by atoms with E-state index in [0.29, 0.717) is 5.69 Å². The molecule has 0 atom stereocenters. The highest BCUT2D eigenvalue weighted by molar-refractivity contribution is 7.89.